The highest BCUT2D eigenvalue weighted by molar-refractivity contribution is 5.81. The number of amides is 1. The molecular formula is C11H19NO4. The number of likely N-dealkylation sites (tertiary alicyclic amines) is 1. The molecule has 5 nitrogen and oxygen atoms in total. The highest BCUT2D eigenvalue weighted by Crippen LogP contribution is 2.29. The zero-order valence-corrected chi connectivity index (χ0v) is 9.86. The SMILES string of the molecule is CCCOCC(=O)N1CCC(C)(C(=O)O)C1. The molecule has 1 aliphatic rings. The maximum atomic E-state index is 11.6. The van der Waals surface area contributed by atoms with Crippen LogP contribution >= 0.6 is 0 Å². The van der Waals surface area contributed by atoms with Crippen molar-refractivity contribution >= 4 is 11.9 Å². The molecule has 0 aromatic carbocycles. The van der Waals surface area contributed by atoms with Crippen molar-refractivity contribution in [3.8, 4) is 0 Å². The zero-order valence-electron chi connectivity index (χ0n) is 9.86. The summed E-state index contributed by atoms with van der Waals surface area (Å²) in [5.74, 6) is -0.948. The summed E-state index contributed by atoms with van der Waals surface area (Å²) in [6.07, 6.45) is 1.39. The Balaban J connectivity index is 2.41. The number of hydrogen-bond acceptors (Lipinski definition) is 3. The molecule has 0 radical (unpaired) electrons. The zero-order chi connectivity index (χ0) is 12.2. The predicted octanol–water partition coefficient (Wildman–Crippen LogP) is 0.736. The summed E-state index contributed by atoms with van der Waals surface area (Å²) < 4.78 is 5.15. The summed E-state index contributed by atoms with van der Waals surface area (Å²) in [6, 6.07) is 0. The molecule has 1 unspecified atom stereocenters. The number of hydrogen-bond donors (Lipinski definition) is 1. The third kappa shape index (κ3) is 2.95. The van der Waals surface area contributed by atoms with E-state index in [0.29, 0.717) is 19.6 Å². The van der Waals surface area contributed by atoms with Gasteiger partial charge in [0, 0.05) is 19.7 Å². The van der Waals surface area contributed by atoms with Crippen LogP contribution in [0.4, 0.5) is 0 Å². The molecule has 1 N–H and O–H groups in total. The van der Waals surface area contributed by atoms with Gasteiger partial charge in [0.1, 0.15) is 6.61 Å². The van der Waals surface area contributed by atoms with Crippen LogP contribution < -0.4 is 0 Å². The predicted molar refractivity (Wildman–Crippen MR) is 58.0 cm³/mol. The smallest absolute Gasteiger partial charge is 0.311 e. The van der Waals surface area contributed by atoms with E-state index in [4.69, 9.17) is 9.84 Å². The minimum Gasteiger partial charge on any atom is -0.481 e. The van der Waals surface area contributed by atoms with Gasteiger partial charge in [0.25, 0.3) is 0 Å². The molecule has 92 valence electrons. The van der Waals surface area contributed by atoms with E-state index in [1.165, 1.54) is 0 Å². The van der Waals surface area contributed by atoms with Gasteiger partial charge in [-0.05, 0) is 19.8 Å². The molecule has 1 fully saturated rings. The van der Waals surface area contributed by atoms with Gasteiger partial charge in [0.2, 0.25) is 5.91 Å². The minimum atomic E-state index is -0.836. The number of ether oxygens (including phenoxy) is 1. The molecular weight excluding hydrogens is 210 g/mol. The Bertz CT molecular complexity index is 279. The van der Waals surface area contributed by atoms with Crippen LogP contribution in [0.3, 0.4) is 0 Å². The second kappa shape index (κ2) is 5.30. The maximum Gasteiger partial charge on any atom is 0.311 e. The lowest BCUT2D eigenvalue weighted by Gasteiger charge is -2.20. The average Bonchev–Trinajstić information content (AvgIpc) is 2.63. The molecule has 1 rings (SSSR count). The fourth-order valence-corrected chi connectivity index (χ4v) is 1.74. The molecule has 0 saturated carbocycles. The minimum absolute atomic E-state index is 0.0591. The van der Waals surface area contributed by atoms with Crippen LogP contribution in [0.5, 0.6) is 0 Å². The summed E-state index contributed by atoms with van der Waals surface area (Å²) >= 11 is 0. The molecule has 1 aliphatic heterocycles. The number of rotatable bonds is 5. The molecule has 1 saturated heterocycles. The Hall–Kier alpha value is -1.10. The Morgan fingerprint density at radius 2 is 2.19 bits per heavy atom. The number of nitrogens with zero attached hydrogens (tertiary/aromatic N) is 1. The van der Waals surface area contributed by atoms with Gasteiger partial charge in [-0.2, -0.15) is 0 Å². The van der Waals surface area contributed by atoms with Crippen LogP contribution in [0.15, 0.2) is 0 Å². The van der Waals surface area contributed by atoms with Gasteiger partial charge >= 0.3 is 5.97 Å². The van der Waals surface area contributed by atoms with Crippen molar-refractivity contribution in [3.05, 3.63) is 0 Å². The lowest BCUT2D eigenvalue weighted by atomic mass is 9.90. The molecule has 16 heavy (non-hydrogen) atoms. The second-order valence-corrected chi connectivity index (χ2v) is 4.48. The van der Waals surface area contributed by atoms with Gasteiger partial charge in [-0.25, -0.2) is 0 Å². The van der Waals surface area contributed by atoms with Crippen molar-refractivity contribution in [2.24, 2.45) is 5.41 Å². The van der Waals surface area contributed by atoms with Gasteiger partial charge in [-0.15, -0.1) is 0 Å². The van der Waals surface area contributed by atoms with E-state index < -0.39 is 11.4 Å². The van der Waals surface area contributed by atoms with Gasteiger partial charge in [-0.1, -0.05) is 6.92 Å². The fraction of sp³-hybridized carbons (Fsp3) is 0.818. The number of aliphatic carboxylic acids is 1. The fourth-order valence-electron chi connectivity index (χ4n) is 1.74. The third-order valence-corrected chi connectivity index (χ3v) is 2.92. The quantitative estimate of drug-likeness (QED) is 0.706. The summed E-state index contributed by atoms with van der Waals surface area (Å²) in [5, 5.41) is 9.02. The molecule has 0 spiro atoms. The first-order valence-corrected chi connectivity index (χ1v) is 5.58. The van der Waals surface area contributed by atoms with Crippen LogP contribution in [0.1, 0.15) is 26.7 Å². The van der Waals surface area contributed by atoms with Gasteiger partial charge in [0.15, 0.2) is 0 Å². The summed E-state index contributed by atoms with van der Waals surface area (Å²) in [6.45, 7) is 5.07. The molecule has 1 heterocycles. The van der Waals surface area contributed by atoms with Crippen LogP contribution in [-0.4, -0.2) is 48.2 Å². The topological polar surface area (TPSA) is 66.8 Å². The first-order valence-electron chi connectivity index (χ1n) is 5.58. The van der Waals surface area contributed by atoms with E-state index in [1.807, 2.05) is 6.92 Å². The average molecular weight is 229 g/mol. The van der Waals surface area contributed by atoms with E-state index in [1.54, 1.807) is 11.8 Å². The molecule has 0 bridgehead atoms. The lowest BCUT2D eigenvalue weighted by Crippen LogP contribution is -2.36. The first kappa shape index (κ1) is 13.0. The summed E-state index contributed by atoms with van der Waals surface area (Å²) in [7, 11) is 0. The van der Waals surface area contributed by atoms with Crippen molar-refractivity contribution in [3.63, 3.8) is 0 Å². The molecule has 0 aromatic heterocycles. The highest BCUT2D eigenvalue weighted by atomic mass is 16.5. The van der Waals surface area contributed by atoms with Gasteiger partial charge in [-0.3, -0.25) is 9.59 Å². The molecule has 0 aliphatic carbocycles. The second-order valence-electron chi connectivity index (χ2n) is 4.48. The largest absolute Gasteiger partial charge is 0.481 e. The Morgan fingerprint density at radius 3 is 2.69 bits per heavy atom. The van der Waals surface area contributed by atoms with Crippen LogP contribution in [0.25, 0.3) is 0 Å². The lowest BCUT2D eigenvalue weighted by molar-refractivity contribution is -0.147. The first-order chi connectivity index (χ1) is 7.49. The maximum absolute atomic E-state index is 11.6. The van der Waals surface area contributed by atoms with E-state index in [9.17, 15) is 9.59 Å². The summed E-state index contributed by atoms with van der Waals surface area (Å²) in [5.41, 5.74) is -0.791. The van der Waals surface area contributed by atoms with Crippen LogP contribution in [-0.2, 0) is 14.3 Å². The Morgan fingerprint density at radius 1 is 1.50 bits per heavy atom. The Kier molecular flexibility index (Phi) is 4.29. The number of carboxylic acid groups (broad SMARTS) is 1. The van der Waals surface area contributed by atoms with Crippen molar-refractivity contribution < 1.29 is 19.4 Å². The van der Waals surface area contributed by atoms with Gasteiger partial charge in [0.05, 0.1) is 5.41 Å². The molecule has 1 amide bonds. The normalized spacial score (nSPS) is 24.8. The van der Waals surface area contributed by atoms with E-state index >= 15 is 0 Å². The van der Waals surface area contributed by atoms with E-state index in [-0.39, 0.29) is 19.1 Å². The van der Waals surface area contributed by atoms with Gasteiger partial charge < -0.3 is 14.7 Å². The highest BCUT2D eigenvalue weighted by Gasteiger charge is 2.41. The van der Waals surface area contributed by atoms with E-state index in [2.05, 4.69) is 0 Å². The van der Waals surface area contributed by atoms with Crippen LogP contribution in [0.2, 0.25) is 0 Å². The molecule has 0 aromatic rings. The van der Waals surface area contributed by atoms with E-state index in [0.717, 1.165) is 6.42 Å². The Labute approximate surface area is 95.4 Å². The van der Waals surface area contributed by atoms with Crippen molar-refractivity contribution in [2.75, 3.05) is 26.3 Å². The number of carbonyl (C=O) groups excluding carboxylic acids is 1. The summed E-state index contributed by atoms with van der Waals surface area (Å²) in [4.78, 5) is 24.2. The monoisotopic (exact) mass is 229 g/mol. The molecule has 5 heteroatoms. The number of carbonyl (C=O) groups is 2. The standard InChI is InChI=1S/C11H19NO4/c1-3-6-16-7-9(13)12-5-4-11(2,8-12)10(14)15/h3-8H2,1-2H3,(H,14,15). The van der Waals surface area contributed by atoms with Crippen molar-refractivity contribution in [1.29, 1.82) is 0 Å². The van der Waals surface area contributed by atoms with Crippen molar-refractivity contribution in [1.82, 2.24) is 4.90 Å². The third-order valence-electron chi connectivity index (χ3n) is 2.92. The number of carboxylic acids is 1. The van der Waals surface area contributed by atoms with Crippen molar-refractivity contribution in [2.45, 2.75) is 26.7 Å². The van der Waals surface area contributed by atoms with Crippen LogP contribution in [0, 0.1) is 5.41 Å². The molecule has 1 atom stereocenters.